The maximum atomic E-state index is 12.5. The summed E-state index contributed by atoms with van der Waals surface area (Å²) in [6.07, 6.45) is -2.53. The van der Waals surface area contributed by atoms with E-state index in [1.807, 2.05) is 0 Å². The molecule has 5 heteroatoms. The standard InChI is InChI=1S/C11H11F3OS/c1-3-10(15)7-4-8(11(12,13)14)6-9(5-7)16-2/h4-6H,3H2,1-2H3. The van der Waals surface area contributed by atoms with Crippen LogP contribution in [0.15, 0.2) is 23.1 Å². The van der Waals surface area contributed by atoms with Crippen LogP contribution in [0.25, 0.3) is 0 Å². The Labute approximate surface area is 96.0 Å². The van der Waals surface area contributed by atoms with Crippen LogP contribution in [-0.2, 0) is 6.18 Å². The van der Waals surface area contributed by atoms with Crippen molar-refractivity contribution in [3.63, 3.8) is 0 Å². The molecule has 1 nitrogen and oxygen atoms in total. The Kier molecular flexibility index (Phi) is 4.02. The van der Waals surface area contributed by atoms with Crippen LogP contribution in [0.2, 0.25) is 0 Å². The van der Waals surface area contributed by atoms with Crippen molar-refractivity contribution in [2.45, 2.75) is 24.4 Å². The fourth-order valence-corrected chi connectivity index (χ4v) is 1.74. The number of hydrogen-bond donors (Lipinski definition) is 0. The summed E-state index contributed by atoms with van der Waals surface area (Å²) in [5, 5.41) is 0. The Morgan fingerprint density at radius 3 is 2.38 bits per heavy atom. The first-order valence-corrected chi connectivity index (χ1v) is 5.90. The van der Waals surface area contributed by atoms with Gasteiger partial charge in [0.05, 0.1) is 5.56 Å². The number of ketones is 1. The molecule has 1 rings (SSSR count). The lowest BCUT2D eigenvalue weighted by Gasteiger charge is -2.10. The summed E-state index contributed by atoms with van der Waals surface area (Å²) in [5.74, 6) is -0.276. The first-order chi connectivity index (χ1) is 7.38. The number of carbonyl (C=O) groups is 1. The molecule has 0 saturated heterocycles. The fourth-order valence-electron chi connectivity index (χ4n) is 1.25. The molecule has 1 aromatic carbocycles. The van der Waals surface area contributed by atoms with Crippen LogP contribution >= 0.6 is 11.8 Å². The van der Waals surface area contributed by atoms with Crippen LogP contribution in [0.4, 0.5) is 13.2 Å². The Morgan fingerprint density at radius 1 is 1.31 bits per heavy atom. The molecule has 0 N–H and O–H groups in total. The van der Waals surface area contributed by atoms with Crippen LogP contribution in [-0.4, -0.2) is 12.0 Å². The van der Waals surface area contributed by atoms with Crippen LogP contribution in [0.3, 0.4) is 0 Å². The highest BCUT2D eigenvalue weighted by Crippen LogP contribution is 2.32. The van der Waals surface area contributed by atoms with E-state index < -0.39 is 11.7 Å². The Balaban J connectivity index is 3.27. The molecule has 0 aliphatic carbocycles. The Hall–Kier alpha value is -0.970. The number of rotatable bonds is 3. The van der Waals surface area contributed by atoms with E-state index in [-0.39, 0.29) is 17.8 Å². The van der Waals surface area contributed by atoms with E-state index >= 15 is 0 Å². The van der Waals surface area contributed by atoms with Gasteiger partial charge in [-0.3, -0.25) is 4.79 Å². The molecule has 0 unspecified atom stereocenters. The van der Waals surface area contributed by atoms with E-state index in [4.69, 9.17) is 0 Å². The lowest BCUT2D eigenvalue weighted by molar-refractivity contribution is -0.137. The minimum absolute atomic E-state index is 0.127. The predicted molar refractivity (Wildman–Crippen MR) is 57.8 cm³/mol. The van der Waals surface area contributed by atoms with E-state index in [2.05, 4.69) is 0 Å². The van der Waals surface area contributed by atoms with E-state index in [1.165, 1.54) is 17.8 Å². The van der Waals surface area contributed by atoms with Gasteiger partial charge >= 0.3 is 6.18 Å². The molecule has 16 heavy (non-hydrogen) atoms. The third-order valence-electron chi connectivity index (χ3n) is 2.11. The average Bonchev–Trinajstić information content (AvgIpc) is 2.26. The third kappa shape index (κ3) is 3.01. The van der Waals surface area contributed by atoms with Gasteiger partial charge in [0, 0.05) is 16.9 Å². The van der Waals surface area contributed by atoms with Crippen LogP contribution in [0.1, 0.15) is 29.3 Å². The van der Waals surface area contributed by atoms with Crippen molar-refractivity contribution < 1.29 is 18.0 Å². The lowest BCUT2D eigenvalue weighted by atomic mass is 10.1. The molecule has 0 saturated carbocycles. The van der Waals surface area contributed by atoms with E-state index in [9.17, 15) is 18.0 Å². The number of benzene rings is 1. The van der Waals surface area contributed by atoms with Crippen molar-refractivity contribution in [3.05, 3.63) is 29.3 Å². The molecule has 88 valence electrons. The molecular weight excluding hydrogens is 237 g/mol. The van der Waals surface area contributed by atoms with Crippen LogP contribution in [0, 0.1) is 0 Å². The smallest absolute Gasteiger partial charge is 0.294 e. The molecule has 0 spiro atoms. The molecule has 0 heterocycles. The van der Waals surface area contributed by atoms with Gasteiger partial charge in [-0.2, -0.15) is 13.2 Å². The molecule has 0 bridgehead atoms. The zero-order chi connectivity index (χ0) is 12.3. The summed E-state index contributed by atoms with van der Waals surface area (Å²) < 4.78 is 37.6. The minimum Gasteiger partial charge on any atom is -0.294 e. The van der Waals surface area contributed by atoms with Crippen molar-refractivity contribution in [1.82, 2.24) is 0 Å². The second kappa shape index (κ2) is 4.91. The largest absolute Gasteiger partial charge is 0.416 e. The SMILES string of the molecule is CCC(=O)c1cc(SC)cc(C(F)(F)F)c1. The molecule has 0 amide bonds. The summed E-state index contributed by atoms with van der Waals surface area (Å²) in [5.41, 5.74) is -0.641. The van der Waals surface area contributed by atoms with E-state index in [0.717, 1.165) is 12.1 Å². The van der Waals surface area contributed by atoms with Crippen molar-refractivity contribution in [3.8, 4) is 0 Å². The maximum absolute atomic E-state index is 12.5. The Bertz CT molecular complexity index is 399. The molecular formula is C11H11F3OS. The van der Waals surface area contributed by atoms with Gasteiger partial charge < -0.3 is 0 Å². The molecule has 0 aliphatic heterocycles. The molecule has 0 atom stereocenters. The van der Waals surface area contributed by atoms with Gasteiger partial charge in [0.2, 0.25) is 0 Å². The van der Waals surface area contributed by atoms with Gasteiger partial charge in [-0.1, -0.05) is 6.92 Å². The van der Waals surface area contributed by atoms with Crippen molar-refractivity contribution in [2.24, 2.45) is 0 Å². The van der Waals surface area contributed by atoms with Gasteiger partial charge in [-0.25, -0.2) is 0 Å². The van der Waals surface area contributed by atoms with Gasteiger partial charge in [0.25, 0.3) is 0 Å². The fraction of sp³-hybridized carbons (Fsp3) is 0.364. The number of alkyl halides is 3. The highest BCUT2D eigenvalue weighted by molar-refractivity contribution is 7.98. The van der Waals surface area contributed by atoms with Gasteiger partial charge in [-0.05, 0) is 24.5 Å². The second-order valence-electron chi connectivity index (χ2n) is 3.22. The summed E-state index contributed by atoms with van der Waals surface area (Å²) in [6, 6.07) is 3.45. The van der Waals surface area contributed by atoms with E-state index in [0.29, 0.717) is 4.90 Å². The highest BCUT2D eigenvalue weighted by Gasteiger charge is 2.31. The number of Topliss-reactive ketones (excluding diaryl/α,β-unsaturated/α-hetero) is 1. The van der Waals surface area contributed by atoms with Crippen molar-refractivity contribution in [2.75, 3.05) is 6.26 Å². The minimum atomic E-state index is -4.41. The monoisotopic (exact) mass is 248 g/mol. The summed E-state index contributed by atoms with van der Waals surface area (Å²) >= 11 is 1.19. The quantitative estimate of drug-likeness (QED) is 0.593. The molecule has 0 fully saturated rings. The summed E-state index contributed by atoms with van der Waals surface area (Å²) in [4.78, 5) is 11.8. The summed E-state index contributed by atoms with van der Waals surface area (Å²) in [7, 11) is 0. The number of hydrogen-bond acceptors (Lipinski definition) is 2. The van der Waals surface area contributed by atoms with Crippen LogP contribution in [0.5, 0.6) is 0 Å². The maximum Gasteiger partial charge on any atom is 0.416 e. The summed E-state index contributed by atoms with van der Waals surface area (Å²) in [6.45, 7) is 1.63. The first kappa shape index (κ1) is 13.1. The van der Waals surface area contributed by atoms with Gasteiger partial charge in [0.1, 0.15) is 0 Å². The zero-order valence-corrected chi connectivity index (χ0v) is 9.71. The number of thioether (sulfide) groups is 1. The van der Waals surface area contributed by atoms with Gasteiger partial charge in [0.15, 0.2) is 5.78 Å². The number of halogens is 3. The van der Waals surface area contributed by atoms with Crippen LogP contribution < -0.4 is 0 Å². The van der Waals surface area contributed by atoms with Crippen molar-refractivity contribution >= 4 is 17.5 Å². The zero-order valence-electron chi connectivity index (χ0n) is 8.89. The lowest BCUT2D eigenvalue weighted by Crippen LogP contribution is -2.07. The van der Waals surface area contributed by atoms with Gasteiger partial charge in [-0.15, -0.1) is 11.8 Å². The topological polar surface area (TPSA) is 17.1 Å². The molecule has 1 aromatic rings. The molecule has 0 aliphatic rings. The number of carbonyl (C=O) groups excluding carboxylic acids is 1. The normalized spacial score (nSPS) is 11.6. The molecule has 0 radical (unpaired) electrons. The second-order valence-corrected chi connectivity index (χ2v) is 4.10. The highest BCUT2D eigenvalue weighted by atomic mass is 32.2. The Morgan fingerprint density at radius 2 is 1.94 bits per heavy atom. The third-order valence-corrected chi connectivity index (χ3v) is 2.82. The average molecular weight is 248 g/mol. The first-order valence-electron chi connectivity index (χ1n) is 4.68. The predicted octanol–water partition coefficient (Wildman–Crippen LogP) is 4.02. The molecule has 0 aromatic heterocycles. The van der Waals surface area contributed by atoms with E-state index in [1.54, 1.807) is 13.2 Å². The van der Waals surface area contributed by atoms with Crippen molar-refractivity contribution in [1.29, 1.82) is 0 Å².